The molecule has 9 heteroatoms. The van der Waals surface area contributed by atoms with E-state index >= 15 is 0 Å². The molecule has 254 valence electrons. The Morgan fingerprint density at radius 1 is 0.614 bits per heavy atom. The minimum atomic E-state index is -4.73. The lowest BCUT2D eigenvalue weighted by Gasteiger charge is -2.18. The average molecular weight is 641 g/mol. The number of hydrogen-bond acceptors (Lipinski definition) is 6. The molecule has 1 unspecified atom stereocenters. The van der Waals surface area contributed by atoms with Gasteiger partial charge in [-0.05, 0) is 51.4 Å². The Balaban J connectivity index is 3.78. The van der Waals surface area contributed by atoms with Crippen LogP contribution in [0.5, 0.6) is 0 Å². The number of rotatable bonds is 30. The lowest BCUT2D eigenvalue weighted by atomic mass is 10.0. The standard InChI is InChI=1S/C35H61O8P/c1-3-5-7-8-9-10-11-12-13-14-15-16-17-18-19-20-21-22-23-24-25-26-28-30-35(37)43-33(32-42-44(38,39)40)31-41-34(36)29-27-6-4-2/h5,7,9-10,12-13,15-16,33H,3-4,6,8,11,14,17-32H2,1-2H3,(H2,38,39,40)/b7-5-,10-9-,13-12-,16-15-. The van der Waals surface area contributed by atoms with Crippen LogP contribution < -0.4 is 0 Å². The summed E-state index contributed by atoms with van der Waals surface area (Å²) in [5, 5.41) is 0. The van der Waals surface area contributed by atoms with Crippen LogP contribution in [0.3, 0.4) is 0 Å². The van der Waals surface area contributed by atoms with E-state index in [0.29, 0.717) is 12.8 Å². The number of hydrogen-bond donors (Lipinski definition) is 2. The van der Waals surface area contributed by atoms with Gasteiger partial charge in [0.15, 0.2) is 6.10 Å². The second-order valence-electron chi connectivity index (χ2n) is 11.1. The molecule has 0 aliphatic carbocycles. The first-order chi connectivity index (χ1) is 21.3. The highest BCUT2D eigenvalue weighted by Gasteiger charge is 2.22. The second-order valence-corrected chi connectivity index (χ2v) is 12.4. The molecule has 0 saturated heterocycles. The molecular formula is C35H61O8P. The molecule has 0 rings (SSSR count). The number of esters is 2. The second kappa shape index (κ2) is 31.0. The van der Waals surface area contributed by atoms with E-state index in [9.17, 15) is 14.2 Å². The molecule has 2 N–H and O–H groups in total. The van der Waals surface area contributed by atoms with Crippen LogP contribution in [0.2, 0.25) is 0 Å². The largest absolute Gasteiger partial charge is 0.469 e. The highest BCUT2D eigenvalue weighted by atomic mass is 31.2. The average Bonchev–Trinajstić information content (AvgIpc) is 2.98. The van der Waals surface area contributed by atoms with E-state index in [0.717, 1.165) is 64.2 Å². The molecule has 0 saturated carbocycles. The van der Waals surface area contributed by atoms with Gasteiger partial charge in [-0.3, -0.25) is 14.1 Å². The van der Waals surface area contributed by atoms with E-state index in [4.69, 9.17) is 19.3 Å². The quantitative estimate of drug-likeness (QED) is 0.0345. The Morgan fingerprint density at radius 3 is 1.64 bits per heavy atom. The molecule has 0 aromatic carbocycles. The van der Waals surface area contributed by atoms with E-state index in [1.165, 1.54) is 38.5 Å². The van der Waals surface area contributed by atoms with Gasteiger partial charge in [0.2, 0.25) is 0 Å². The summed E-state index contributed by atoms with van der Waals surface area (Å²) >= 11 is 0. The summed E-state index contributed by atoms with van der Waals surface area (Å²) in [4.78, 5) is 42.0. The molecular weight excluding hydrogens is 579 g/mol. The van der Waals surface area contributed by atoms with Crippen LogP contribution in [0.25, 0.3) is 0 Å². The van der Waals surface area contributed by atoms with Gasteiger partial charge in [-0.1, -0.05) is 127 Å². The molecule has 8 nitrogen and oxygen atoms in total. The fourth-order valence-corrected chi connectivity index (χ4v) is 4.72. The molecule has 0 heterocycles. The number of ether oxygens (including phenoxy) is 2. The maximum atomic E-state index is 12.2. The van der Waals surface area contributed by atoms with Gasteiger partial charge in [-0.2, -0.15) is 0 Å². The number of carbonyl (C=O) groups is 2. The first-order valence-electron chi connectivity index (χ1n) is 16.9. The van der Waals surface area contributed by atoms with E-state index in [2.05, 4.69) is 60.1 Å². The zero-order valence-corrected chi connectivity index (χ0v) is 28.4. The van der Waals surface area contributed by atoms with E-state index < -0.39 is 32.5 Å². The first-order valence-corrected chi connectivity index (χ1v) is 18.5. The highest BCUT2D eigenvalue weighted by Crippen LogP contribution is 2.35. The van der Waals surface area contributed by atoms with Crippen molar-refractivity contribution in [2.75, 3.05) is 13.2 Å². The summed E-state index contributed by atoms with van der Waals surface area (Å²) in [6.07, 6.45) is 36.4. The van der Waals surface area contributed by atoms with E-state index in [1.54, 1.807) is 0 Å². The minimum Gasteiger partial charge on any atom is -0.462 e. The maximum absolute atomic E-state index is 12.2. The Hall–Kier alpha value is -1.99. The molecule has 0 amide bonds. The SMILES string of the molecule is CC/C=C\C/C=C\C/C=C\C/C=C\CCCCCCCCCCCCC(=O)OC(COC(=O)CCCCC)COP(=O)(O)O. The highest BCUT2D eigenvalue weighted by molar-refractivity contribution is 7.46. The normalized spacial score (nSPS) is 13.1. The van der Waals surface area contributed by atoms with E-state index in [1.807, 2.05) is 6.92 Å². The lowest BCUT2D eigenvalue weighted by molar-refractivity contribution is -0.161. The molecule has 0 aliphatic heterocycles. The third-order valence-electron chi connectivity index (χ3n) is 6.86. The van der Waals surface area contributed by atoms with E-state index in [-0.39, 0.29) is 19.4 Å². The van der Waals surface area contributed by atoms with Gasteiger partial charge < -0.3 is 19.3 Å². The van der Waals surface area contributed by atoms with Crippen LogP contribution in [0.4, 0.5) is 0 Å². The van der Waals surface area contributed by atoms with Gasteiger partial charge >= 0.3 is 19.8 Å². The van der Waals surface area contributed by atoms with Crippen molar-refractivity contribution in [2.45, 2.75) is 148 Å². The third-order valence-corrected chi connectivity index (χ3v) is 7.35. The predicted molar refractivity (Wildman–Crippen MR) is 179 cm³/mol. The van der Waals surface area contributed by atoms with Crippen LogP contribution in [0, 0.1) is 0 Å². The summed E-state index contributed by atoms with van der Waals surface area (Å²) in [5.41, 5.74) is 0. The zero-order chi connectivity index (χ0) is 32.6. The monoisotopic (exact) mass is 640 g/mol. The van der Waals surface area contributed by atoms with Gasteiger partial charge in [-0.25, -0.2) is 4.57 Å². The smallest absolute Gasteiger partial charge is 0.462 e. The van der Waals surface area contributed by atoms with Crippen LogP contribution in [-0.4, -0.2) is 41.0 Å². The van der Waals surface area contributed by atoms with Crippen molar-refractivity contribution in [1.29, 1.82) is 0 Å². The lowest BCUT2D eigenvalue weighted by Crippen LogP contribution is -2.29. The summed E-state index contributed by atoms with van der Waals surface area (Å²) in [7, 11) is -4.73. The topological polar surface area (TPSA) is 119 Å². The maximum Gasteiger partial charge on any atom is 0.469 e. The van der Waals surface area contributed by atoms with Crippen molar-refractivity contribution in [3.8, 4) is 0 Å². The number of carbonyl (C=O) groups excluding carboxylic acids is 2. The first kappa shape index (κ1) is 42.0. The molecule has 1 atom stereocenters. The molecule has 0 aliphatic rings. The summed E-state index contributed by atoms with van der Waals surface area (Å²) in [5.74, 6) is -0.922. The van der Waals surface area contributed by atoms with Crippen molar-refractivity contribution in [2.24, 2.45) is 0 Å². The van der Waals surface area contributed by atoms with Crippen molar-refractivity contribution >= 4 is 19.8 Å². The third kappa shape index (κ3) is 32.9. The van der Waals surface area contributed by atoms with Crippen LogP contribution in [-0.2, 0) is 28.2 Å². The van der Waals surface area contributed by atoms with Crippen LogP contribution in [0.1, 0.15) is 142 Å². The van der Waals surface area contributed by atoms with Gasteiger partial charge in [0.05, 0.1) is 6.61 Å². The van der Waals surface area contributed by atoms with Crippen LogP contribution in [0.15, 0.2) is 48.6 Å². The summed E-state index contributed by atoms with van der Waals surface area (Å²) < 4.78 is 25.9. The van der Waals surface area contributed by atoms with Gasteiger partial charge in [0, 0.05) is 12.8 Å². The van der Waals surface area contributed by atoms with Gasteiger partial charge in [-0.15, -0.1) is 0 Å². The fourth-order valence-electron chi connectivity index (χ4n) is 4.36. The van der Waals surface area contributed by atoms with Crippen molar-refractivity contribution in [3.05, 3.63) is 48.6 Å². The summed E-state index contributed by atoms with van der Waals surface area (Å²) in [6.45, 7) is 3.35. The molecule has 0 aromatic rings. The number of phosphoric acid groups is 1. The number of phosphoric ester groups is 1. The summed E-state index contributed by atoms with van der Waals surface area (Å²) in [6, 6.07) is 0. The Bertz CT molecular complexity index is 859. The molecule has 0 radical (unpaired) electrons. The Kier molecular flexibility index (Phi) is 29.6. The Labute approximate surface area is 267 Å². The van der Waals surface area contributed by atoms with Gasteiger partial charge in [0.1, 0.15) is 6.61 Å². The number of unbranched alkanes of at least 4 members (excludes halogenated alkanes) is 12. The minimum absolute atomic E-state index is 0.204. The Morgan fingerprint density at radius 2 is 1.09 bits per heavy atom. The molecule has 0 spiro atoms. The van der Waals surface area contributed by atoms with Crippen molar-refractivity contribution < 1.29 is 37.9 Å². The van der Waals surface area contributed by atoms with Crippen molar-refractivity contribution in [1.82, 2.24) is 0 Å². The molecule has 0 bridgehead atoms. The van der Waals surface area contributed by atoms with Crippen molar-refractivity contribution in [3.63, 3.8) is 0 Å². The molecule has 0 aromatic heterocycles. The molecule has 44 heavy (non-hydrogen) atoms. The predicted octanol–water partition coefficient (Wildman–Crippen LogP) is 9.62. The van der Waals surface area contributed by atoms with Gasteiger partial charge in [0.25, 0.3) is 0 Å². The van der Waals surface area contributed by atoms with Crippen LogP contribution >= 0.6 is 7.82 Å². The molecule has 0 fully saturated rings. The number of allylic oxidation sites excluding steroid dienone is 8. The fraction of sp³-hybridized carbons (Fsp3) is 0.714. The zero-order valence-electron chi connectivity index (χ0n) is 27.5.